The van der Waals surface area contributed by atoms with E-state index in [0.717, 1.165) is 19.5 Å². The quantitative estimate of drug-likeness (QED) is 0.279. The molecule has 1 aliphatic rings. The van der Waals surface area contributed by atoms with Crippen molar-refractivity contribution >= 4 is 24.3 Å². The number of likely N-dealkylation sites (tertiary alicyclic amines) is 1. The van der Waals surface area contributed by atoms with Crippen LogP contribution in [0.1, 0.15) is 72.6 Å². The Balaban J connectivity index is 2.96. The molecule has 0 aromatic carbocycles. The van der Waals surface area contributed by atoms with Gasteiger partial charge < -0.3 is 0 Å². The van der Waals surface area contributed by atoms with Gasteiger partial charge in [-0.05, 0) is 0 Å². The molecule has 5 heteroatoms. The summed E-state index contributed by atoms with van der Waals surface area (Å²) in [6.07, 6.45) is 10.00. The molecule has 0 aromatic rings. The van der Waals surface area contributed by atoms with E-state index in [1.54, 1.807) is 0 Å². The number of aliphatic hydroxyl groups excluding tert-OH is 1. The van der Waals surface area contributed by atoms with Crippen LogP contribution < -0.4 is 0 Å². The number of carbonyl (C=O) groups excluding carboxylic acids is 1. The number of carbonyl (C=O) groups is 1. The molecular weight excluding hydrogens is 457 g/mol. The molecular formula is C23H45NO3Sn. The topological polar surface area (TPSA) is 49.8 Å². The number of nitrogens with zero attached hydrogens (tertiary/aromatic N) is 1. The molecule has 1 rings (SSSR count). The van der Waals surface area contributed by atoms with E-state index < -0.39 is 24.5 Å². The van der Waals surface area contributed by atoms with Gasteiger partial charge in [-0.2, -0.15) is 0 Å². The summed E-state index contributed by atoms with van der Waals surface area (Å²) in [5.74, 6) is -0.260. The van der Waals surface area contributed by atoms with E-state index in [1.165, 1.54) is 58.8 Å². The summed E-state index contributed by atoms with van der Waals surface area (Å²) < 4.78 is 12.3. The van der Waals surface area contributed by atoms with Crippen molar-refractivity contribution in [1.82, 2.24) is 4.90 Å². The van der Waals surface area contributed by atoms with E-state index in [1.807, 2.05) is 0 Å². The first-order valence-corrected chi connectivity index (χ1v) is 19.3. The molecule has 1 saturated heterocycles. The molecule has 0 saturated carbocycles. The molecule has 0 amide bonds. The number of ether oxygens (including phenoxy) is 1. The first-order chi connectivity index (χ1) is 13.4. The van der Waals surface area contributed by atoms with Crippen LogP contribution in [0.15, 0.2) is 10.2 Å². The van der Waals surface area contributed by atoms with Crippen LogP contribution in [-0.2, 0) is 9.53 Å². The molecule has 1 aliphatic heterocycles. The zero-order chi connectivity index (χ0) is 21.0. The molecule has 0 bridgehead atoms. The predicted octanol–water partition coefficient (Wildman–Crippen LogP) is 5.18. The minimum absolute atomic E-state index is 0.0218. The normalized spacial score (nSPS) is 22.5. The van der Waals surface area contributed by atoms with Crippen molar-refractivity contribution in [2.75, 3.05) is 20.1 Å². The van der Waals surface area contributed by atoms with Gasteiger partial charge in [-0.25, -0.2) is 0 Å². The molecule has 1 heterocycles. The number of hydrogen-bond donors (Lipinski definition) is 1. The van der Waals surface area contributed by atoms with Crippen molar-refractivity contribution in [3.8, 4) is 0 Å². The van der Waals surface area contributed by atoms with Crippen molar-refractivity contribution in [3.63, 3.8) is 0 Å². The first-order valence-electron chi connectivity index (χ1n) is 11.6. The van der Waals surface area contributed by atoms with Crippen LogP contribution in [0.5, 0.6) is 0 Å². The monoisotopic (exact) mass is 503 g/mol. The predicted molar refractivity (Wildman–Crippen MR) is 121 cm³/mol. The summed E-state index contributed by atoms with van der Waals surface area (Å²) in [5, 5.41) is 11.0. The molecule has 1 N–H and O–H groups in total. The first kappa shape index (κ1) is 26.0. The van der Waals surface area contributed by atoms with Gasteiger partial charge in [-0.1, -0.05) is 0 Å². The van der Waals surface area contributed by atoms with E-state index in [9.17, 15) is 9.90 Å². The van der Waals surface area contributed by atoms with Gasteiger partial charge in [-0.3, -0.25) is 0 Å². The fourth-order valence-corrected chi connectivity index (χ4v) is 18.8. The van der Waals surface area contributed by atoms with Gasteiger partial charge in [0.05, 0.1) is 0 Å². The molecule has 3 atom stereocenters. The Hall–Kier alpha value is -0.0713. The number of unbranched alkanes of at least 4 members (excludes halogenated alkanes) is 3. The number of hydrogen-bond acceptors (Lipinski definition) is 4. The third kappa shape index (κ3) is 9.17. The second-order valence-corrected chi connectivity index (χ2v) is 21.9. The second kappa shape index (κ2) is 14.0. The molecule has 0 aliphatic carbocycles. The Morgan fingerprint density at radius 2 is 1.68 bits per heavy atom. The van der Waals surface area contributed by atoms with Crippen molar-refractivity contribution in [3.05, 3.63) is 10.2 Å². The second-order valence-electron chi connectivity index (χ2n) is 8.89. The molecule has 0 spiro atoms. The van der Waals surface area contributed by atoms with Crippen LogP contribution in [0.25, 0.3) is 0 Å². The van der Waals surface area contributed by atoms with Crippen LogP contribution in [0.3, 0.4) is 0 Å². The average Bonchev–Trinajstić information content (AvgIpc) is 2.67. The molecule has 4 nitrogen and oxygen atoms in total. The number of aliphatic hydroxyl groups is 1. The maximum atomic E-state index is 11.5. The standard InChI is InChI=1S/C11H18NO3.3C4H9.Sn/c1-4-10(14)9-7-12(3)6-5-11(9)15-8(2)13;3*1-3-4-2;/h1,4,9-11,14H,5-7H2,2-3H3;3*1,3-4H2,2H3;. The Labute approximate surface area is 178 Å². The van der Waals surface area contributed by atoms with E-state index in [0.29, 0.717) is 0 Å². The molecule has 28 heavy (non-hydrogen) atoms. The summed E-state index contributed by atoms with van der Waals surface area (Å²) in [5.41, 5.74) is 0. The molecule has 3 unspecified atom stereocenters. The summed E-state index contributed by atoms with van der Waals surface area (Å²) in [7, 11) is 2.08. The van der Waals surface area contributed by atoms with Crippen LogP contribution in [0, 0.1) is 5.92 Å². The Morgan fingerprint density at radius 1 is 1.14 bits per heavy atom. The van der Waals surface area contributed by atoms with Gasteiger partial charge in [0, 0.05) is 0 Å². The van der Waals surface area contributed by atoms with E-state index in [-0.39, 0.29) is 18.0 Å². The van der Waals surface area contributed by atoms with E-state index >= 15 is 0 Å². The molecule has 0 radical (unpaired) electrons. The Morgan fingerprint density at radius 3 is 2.14 bits per heavy atom. The summed E-state index contributed by atoms with van der Waals surface area (Å²) in [6, 6.07) is 0. The zero-order valence-corrected chi connectivity index (χ0v) is 21.9. The van der Waals surface area contributed by atoms with Crippen LogP contribution in [0.4, 0.5) is 0 Å². The van der Waals surface area contributed by atoms with Gasteiger partial charge in [0.2, 0.25) is 0 Å². The van der Waals surface area contributed by atoms with Crippen molar-refractivity contribution in [2.24, 2.45) is 5.92 Å². The summed E-state index contributed by atoms with van der Waals surface area (Å²) >= 11 is -2.39. The summed E-state index contributed by atoms with van der Waals surface area (Å²) in [4.78, 5) is 13.7. The van der Waals surface area contributed by atoms with Gasteiger partial charge in [0.25, 0.3) is 0 Å². The number of esters is 1. The number of rotatable bonds is 13. The van der Waals surface area contributed by atoms with E-state index in [4.69, 9.17) is 4.74 Å². The minimum atomic E-state index is -2.39. The van der Waals surface area contributed by atoms with Gasteiger partial charge in [0.1, 0.15) is 0 Å². The Bertz CT molecular complexity index is 447. The van der Waals surface area contributed by atoms with Gasteiger partial charge in [0.15, 0.2) is 0 Å². The fraction of sp³-hybridized carbons (Fsp3) is 0.870. The fourth-order valence-electron chi connectivity index (χ4n) is 4.47. The van der Waals surface area contributed by atoms with Gasteiger partial charge in [-0.15, -0.1) is 0 Å². The molecule has 0 aromatic heterocycles. The SMILES string of the molecule is CCC[CH2][Sn](/[CH]=C/C(O)C1CN(C)CCC1OC(C)=O)([CH2]CCC)[CH2]CCC. The zero-order valence-electron chi connectivity index (χ0n) is 19.1. The van der Waals surface area contributed by atoms with Gasteiger partial charge >= 0.3 is 178 Å². The third-order valence-corrected chi connectivity index (χ3v) is 20.4. The molecule has 1 fully saturated rings. The maximum absolute atomic E-state index is 11.5. The average molecular weight is 502 g/mol. The third-order valence-electron chi connectivity index (χ3n) is 6.28. The van der Waals surface area contributed by atoms with Crippen molar-refractivity contribution in [2.45, 2.75) is 98.2 Å². The Kier molecular flexibility index (Phi) is 13.0. The van der Waals surface area contributed by atoms with Crippen LogP contribution >= 0.6 is 0 Å². The molecule has 164 valence electrons. The van der Waals surface area contributed by atoms with Crippen LogP contribution in [0.2, 0.25) is 13.3 Å². The number of piperidine rings is 1. The summed E-state index contributed by atoms with van der Waals surface area (Å²) in [6.45, 7) is 10.0. The van der Waals surface area contributed by atoms with Crippen LogP contribution in [-0.4, -0.2) is 66.7 Å². The van der Waals surface area contributed by atoms with Crippen molar-refractivity contribution in [1.29, 1.82) is 0 Å². The van der Waals surface area contributed by atoms with E-state index in [2.05, 4.69) is 42.9 Å². The van der Waals surface area contributed by atoms with Crippen molar-refractivity contribution < 1.29 is 14.6 Å².